The molecule has 0 unspecified atom stereocenters. The van der Waals surface area contributed by atoms with Crippen LogP contribution in [0.5, 0.6) is 17.2 Å². The Morgan fingerprint density at radius 1 is 0.815 bits per heavy atom. The third-order valence-corrected chi connectivity index (χ3v) is 4.39. The Morgan fingerprint density at radius 3 is 2.04 bits per heavy atom. The molecule has 1 aromatic heterocycles. The highest BCUT2D eigenvalue weighted by atomic mass is 16.5. The maximum absolute atomic E-state index is 12.3. The topological polar surface area (TPSA) is 79.9 Å². The molecule has 0 amide bonds. The summed E-state index contributed by atoms with van der Waals surface area (Å²) in [6.07, 6.45) is 0. The van der Waals surface area contributed by atoms with E-state index in [1.165, 1.54) is 12.1 Å². The third-order valence-electron chi connectivity index (χ3n) is 4.39. The van der Waals surface area contributed by atoms with Gasteiger partial charge < -0.3 is 19.4 Å². The number of methoxy groups -OCH3 is 1. The zero-order valence-corrected chi connectivity index (χ0v) is 14.5. The highest BCUT2D eigenvalue weighted by Gasteiger charge is 2.12. The minimum Gasteiger partial charge on any atom is -0.508 e. The number of hydrogen-bond acceptors (Lipinski definition) is 5. The summed E-state index contributed by atoms with van der Waals surface area (Å²) in [6, 6.07) is 19.1. The Hall–Kier alpha value is -3.73. The maximum Gasteiger partial charge on any atom is 0.197 e. The zero-order valence-electron chi connectivity index (χ0n) is 14.5. The standard InChI is InChI=1S/C22H16O5/c1-26-17-8-6-14(7-9-17)13-2-4-15(5-3-13)20-12-19(25)22-18(24)10-16(23)11-21(22)27-20/h2-12,23-24H,1H3. The molecule has 5 heteroatoms. The first kappa shape index (κ1) is 16.7. The molecule has 0 bridgehead atoms. The van der Waals surface area contributed by atoms with Crippen LogP contribution in [0.15, 0.2) is 75.9 Å². The minimum absolute atomic E-state index is 0.0476. The van der Waals surface area contributed by atoms with Gasteiger partial charge in [0.15, 0.2) is 5.43 Å². The van der Waals surface area contributed by atoms with E-state index in [0.717, 1.165) is 22.9 Å². The van der Waals surface area contributed by atoms with E-state index in [9.17, 15) is 15.0 Å². The van der Waals surface area contributed by atoms with Crippen molar-refractivity contribution in [1.29, 1.82) is 0 Å². The summed E-state index contributed by atoms with van der Waals surface area (Å²) in [5, 5.41) is 19.5. The summed E-state index contributed by atoms with van der Waals surface area (Å²) in [5.74, 6) is 0.675. The molecule has 0 saturated carbocycles. The zero-order chi connectivity index (χ0) is 19.0. The van der Waals surface area contributed by atoms with E-state index < -0.39 is 0 Å². The summed E-state index contributed by atoms with van der Waals surface area (Å²) in [5.41, 5.74) is 2.53. The van der Waals surface area contributed by atoms with Crippen molar-refractivity contribution in [2.75, 3.05) is 7.11 Å². The van der Waals surface area contributed by atoms with E-state index in [0.29, 0.717) is 11.3 Å². The molecule has 1 heterocycles. The highest BCUT2D eigenvalue weighted by Crippen LogP contribution is 2.31. The van der Waals surface area contributed by atoms with Gasteiger partial charge in [0.1, 0.15) is 34.0 Å². The lowest BCUT2D eigenvalue weighted by Crippen LogP contribution is -2.00. The summed E-state index contributed by atoms with van der Waals surface area (Å²) < 4.78 is 10.9. The summed E-state index contributed by atoms with van der Waals surface area (Å²) >= 11 is 0. The molecule has 0 fully saturated rings. The first-order chi connectivity index (χ1) is 13.0. The molecular weight excluding hydrogens is 344 g/mol. The van der Waals surface area contributed by atoms with Gasteiger partial charge in [-0.2, -0.15) is 0 Å². The van der Waals surface area contributed by atoms with E-state index in [-0.39, 0.29) is 27.9 Å². The second-order valence-electron chi connectivity index (χ2n) is 6.12. The lowest BCUT2D eigenvalue weighted by Gasteiger charge is -2.07. The summed E-state index contributed by atoms with van der Waals surface area (Å²) in [7, 11) is 1.63. The Labute approximate surface area is 154 Å². The summed E-state index contributed by atoms with van der Waals surface area (Å²) in [4.78, 5) is 12.3. The lowest BCUT2D eigenvalue weighted by molar-refractivity contribution is 0.415. The van der Waals surface area contributed by atoms with Crippen LogP contribution >= 0.6 is 0 Å². The van der Waals surface area contributed by atoms with Crippen molar-refractivity contribution in [2.24, 2.45) is 0 Å². The van der Waals surface area contributed by atoms with Crippen molar-refractivity contribution in [3.63, 3.8) is 0 Å². The van der Waals surface area contributed by atoms with Crippen LogP contribution in [0.25, 0.3) is 33.4 Å². The molecule has 2 N–H and O–H groups in total. The fraction of sp³-hybridized carbons (Fsp3) is 0.0455. The van der Waals surface area contributed by atoms with E-state index in [1.54, 1.807) is 7.11 Å². The average Bonchev–Trinajstić information content (AvgIpc) is 2.67. The molecule has 0 aliphatic rings. The van der Waals surface area contributed by atoms with Gasteiger partial charge in [0.05, 0.1) is 7.11 Å². The molecule has 0 atom stereocenters. The van der Waals surface area contributed by atoms with Gasteiger partial charge in [-0.25, -0.2) is 0 Å². The first-order valence-electron chi connectivity index (χ1n) is 8.30. The predicted octanol–water partition coefficient (Wildman–Crippen LogP) is 4.55. The van der Waals surface area contributed by atoms with E-state index in [4.69, 9.17) is 9.15 Å². The minimum atomic E-state index is -0.372. The van der Waals surface area contributed by atoms with Crippen molar-refractivity contribution >= 4 is 11.0 Å². The van der Waals surface area contributed by atoms with Crippen molar-refractivity contribution in [3.05, 3.63) is 77.0 Å². The van der Waals surface area contributed by atoms with Crippen LogP contribution in [0.2, 0.25) is 0 Å². The molecule has 134 valence electrons. The first-order valence-corrected chi connectivity index (χ1v) is 8.30. The van der Waals surface area contributed by atoms with Crippen LogP contribution in [0.3, 0.4) is 0 Å². The van der Waals surface area contributed by atoms with Crippen LogP contribution < -0.4 is 10.2 Å². The van der Waals surface area contributed by atoms with Gasteiger partial charge in [0.25, 0.3) is 0 Å². The maximum atomic E-state index is 12.3. The number of rotatable bonds is 3. The summed E-state index contributed by atoms with van der Waals surface area (Å²) in [6.45, 7) is 0. The Bertz CT molecular complexity index is 1170. The Morgan fingerprint density at radius 2 is 1.41 bits per heavy atom. The van der Waals surface area contributed by atoms with Crippen molar-refractivity contribution in [1.82, 2.24) is 0 Å². The van der Waals surface area contributed by atoms with Crippen LogP contribution in [0.1, 0.15) is 0 Å². The number of hydrogen-bond donors (Lipinski definition) is 2. The van der Waals surface area contributed by atoms with E-state index in [2.05, 4.69) is 0 Å². The second-order valence-corrected chi connectivity index (χ2v) is 6.12. The molecule has 5 nitrogen and oxygen atoms in total. The smallest absolute Gasteiger partial charge is 0.197 e. The number of phenols is 2. The Kier molecular flexibility index (Phi) is 4.05. The largest absolute Gasteiger partial charge is 0.508 e. The predicted molar refractivity (Wildman–Crippen MR) is 103 cm³/mol. The molecule has 0 aliphatic heterocycles. The van der Waals surface area contributed by atoms with Gasteiger partial charge in [-0.05, 0) is 23.3 Å². The van der Waals surface area contributed by atoms with Crippen molar-refractivity contribution < 1.29 is 19.4 Å². The second kappa shape index (κ2) is 6.53. The SMILES string of the molecule is COc1ccc(-c2ccc(-c3cc(=O)c4c(O)cc(O)cc4o3)cc2)cc1. The van der Waals surface area contributed by atoms with Gasteiger partial charge in [0.2, 0.25) is 0 Å². The molecule has 3 aromatic carbocycles. The van der Waals surface area contributed by atoms with Crippen LogP contribution in [-0.2, 0) is 0 Å². The third kappa shape index (κ3) is 3.11. The molecule has 0 spiro atoms. The highest BCUT2D eigenvalue weighted by molar-refractivity contribution is 5.86. The fourth-order valence-electron chi connectivity index (χ4n) is 3.01. The quantitative estimate of drug-likeness (QED) is 0.560. The normalized spacial score (nSPS) is 10.9. The molecule has 27 heavy (non-hydrogen) atoms. The van der Waals surface area contributed by atoms with Gasteiger partial charge in [-0.15, -0.1) is 0 Å². The van der Waals surface area contributed by atoms with E-state index >= 15 is 0 Å². The molecule has 4 aromatic rings. The van der Waals surface area contributed by atoms with Gasteiger partial charge >= 0.3 is 0 Å². The number of benzene rings is 3. The van der Waals surface area contributed by atoms with Crippen molar-refractivity contribution in [2.45, 2.75) is 0 Å². The molecule has 0 saturated heterocycles. The lowest BCUT2D eigenvalue weighted by atomic mass is 10.0. The fourth-order valence-corrected chi connectivity index (χ4v) is 3.01. The van der Waals surface area contributed by atoms with Gasteiger partial charge in [0, 0.05) is 23.8 Å². The van der Waals surface area contributed by atoms with E-state index in [1.807, 2.05) is 48.5 Å². The average molecular weight is 360 g/mol. The molecular formula is C22H16O5. The molecule has 0 aliphatic carbocycles. The van der Waals surface area contributed by atoms with Gasteiger partial charge in [-0.1, -0.05) is 36.4 Å². The van der Waals surface area contributed by atoms with Crippen LogP contribution in [0, 0.1) is 0 Å². The number of fused-ring (bicyclic) bond motifs is 1. The Balaban J connectivity index is 1.74. The molecule has 4 rings (SSSR count). The monoisotopic (exact) mass is 360 g/mol. The number of ether oxygens (including phenoxy) is 1. The molecule has 0 radical (unpaired) electrons. The van der Waals surface area contributed by atoms with Crippen LogP contribution in [-0.4, -0.2) is 17.3 Å². The number of phenolic OH excluding ortho intramolecular Hbond substituents is 2. The number of aromatic hydroxyl groups is 2. The van der Waals surface area contributed by atoms with Crippen LogP contribution in [0.4, 0.5) is 0 Å². The van der Waals surface area contributed by atoms with Crippen molar-refractivity contribution in [3.8, 4) is 39.7 Å². The van der Waals surface area contributed by atoms with Gasteiger partial charge in [-0.3, -0.25) is 4.79 Å².